The number of ether oxygens (including phenoxy) is 3. The number of nitrogen functional groups attached to an aromatic ring is 1. The monoisotopic (exact) mass is 367 g/mol. The number of hydrogen-bond acceptors (Lipinski definition) is 9. The van der Waals surface area contributed by atoms with E-state index in [9.17, 15) is 5.11 Å². The molecule has 0 unspecified atom stereocenters. The van der Waals surface area contributed by atoms with Gasteiger partial charge in [0.15, 0.2) is 28.6 Å². The quantitative estimate of drug-likeness (QED) is 0.601. The highest BCUT2D eigenvalue weighted by Crippen LogP contribution is 2.43. The van der Waals surface area contributed by atoms with Crippen LogP contribution in [0.4, 0.5) is 5.82 Å². The molecule has 0 amide bonds. The van der Waals surface area contributed by atoms with Crippen LogP contribution in [-0.4, -0.2) is 61.1 Å². The molecule has 9 nitrogen and oxygen atoms in total. The standard InChI is InChI=1S/C15H21N5O4S/c1-4-25-14-18-11(16)8-12(19-14)20(6-17-8)13-10-9(7(5-21)22-13)23-15(2,3)24-10/h6-7,9-10,13,21H,4-5H2,1-3H3,(H2,16,18,19)/t7-,9-,10-,13-/m1/s1. The van der Waals surface area contributed by atoms with Crippen molar-refractivity contribution in [2.45, 2.75) is 56.3 Å². The number of imidazole rings is 1. The van der Waals surface area contributed by atoms with E-state index in [-0.39, 0.29) is 18.8 Å². The molecule has 136 valence electrons. The van der Waals surface area contributed by atoms with Crippen LogP contribution < -0.4 is 5.73 Å². The summed E-state index contributed by atoms with van der Waals surface area (Å²) in [5.74, 6) is 0.428. The Bertz CT molecular complexity index is 798. The largest absolute Gasteiger partial charge is 0.394 e. The maximum atomic E-state index is 9.64. The van der Waals surface area contributed by atoms with Crippen molar-refractivity contribution in [3.05, 3.63) is 6.33 Å². The molecule has 2 aliphatic heterocycles. The van der Waals surface area contributed by atoms with Crippen LogP contribution in [0.25, 0.3) is 11.2 Å². The predicted octanol–water partition coefficient (Wildman–Crippen LogP) is 0.930. The van der Waals surface area contributed by atoms with Gasteiger partial charge in [0.2, 0.25) is 0 Å². The number of nitrogens with zero attached hydrogens (tertiary/aromatic N) is 4. The molecule has 2 aromatic rings. The van der Waals surface area contributed by atoms with Gasteiger partial charge in [-0.15, -0.1) is 0 Å². The Morgan fingerprint density at radius 2 is 2.08 bits per heavy atom. The Labute approximate surface area is 148 Å². The summed E-state index contributed by atoms with van der Waals surface area (Å²) in [5, 5.41) is 10.2. The zero-order chi connectivity index (χ0) is 17.8. The normalized spacial score (nSPS) is 30.9. The summed E-state index contributed by atoms with van der Waals surface area (Å²) in [7, 11) is 0. The average Bonchev–Trinajstić information content (AvgIpc) is 3.18. The fraction of sp³-hybridized carbons (Fsp3) is 0.667. The molecule has 4 heterocycles. The van der Waals surface area contributed by atoms with Gasteiger partial charge in [0.1, 0.15) is 23.8 Å². The van der Waals surface area contributed by atoms with E-state index in [0.717, 1.165) is 5.75 Å². The summed E-state index contributed by atoms with van der Waals surface area (Å²) in [6.07, 6.45) is -0.0959. The van der Waals surface area contributed by atoms with Crippen LogP contribution in [0.1, 0.15) is 27.0 Å². The first-order valence-electron chi connectivity index (χ1n) is 8.18. The van der Waals surface area contributed by atoms with Gasteiger partial charge in [-0.25, -0.2) is 15.0 Å². The Kier molecular flexibility index (Phi) is 4.12. The van der Waals surface area contributed by atoms with Gasteiger partial charge in [-0.3, -0.25) is 4.57 Å². The number of thioether (sulfide) groups is 1. The van der Waals surface area contributed by atoms with Crippen LogP contribution in [-0.2, 0) is 14.2 Å². The van der Waals surface area contributed by atoms with Crippen LogP contribution in [0.15, 0.2) is 11.5 Å². The lowest BCUT2D eigenvalue weighted by molar-refractivity contribution is -0.199. The lowest BCUT2D eigenvalue weighted by atomic mass is 10.1. The SMILES string of the molecule is CCSc1nc(N)c2ncn([C@@H]3O[C@H](CO)[C@H]4OC(C)(C)O[C@H]43)c2n1. The van der Waals surface area contributed by atoms with Crippen LogP contribution in [0.3, 0.4) is 0 Å². The molecule has 0 spiro atoms. The zero-order valence-electron chi connectivity index (χ0n) is 14.2. The number of anilines is 1. The maximum absolute atomic E-state index is 9.64. The van der Waals surface area contributed by atoms with Crippen LogP contribution in [0.5, 0.6) is 0 Å². The second-order valence-electron chi connectivity index (χ2n) is 6.46. The van der Waals surface area contributed by atoms with Gasteiger partial charge in [0.05, 0.1) is 12.9 Å². The van der Waals surface area contributed by atoms with Gasteiger partial charge >= 0.3 is 0 Å². The van der Waals surface area contributed by atoms with Gasteiger partial charge < -0.3 is 25.1 Å². The Morgan fingerprint density at radius 3 is 2.80 bits per heavy atom. The first-order valence-corrected chi connectivity index (χ1v) is 9.17. The molecule has 10 heteroatoms. The number of aliphatic hydroxyl groups excluding tert-OH is 1. The fourth-order valence-corrected chi connectivity index (χ4v) is 3.90. The smallest absolute Gasteiger partial charge is 0.191 e. The third-order valence-corrected chi connectivity index (χ3v) is 5.01. The number of aromatic nitrogens is 4. The van der Waals surface area contributed by atoms with E-state index in [2.05, 4.69) is 15.0 Å². The predicted molar refractivity (Wildman–Crippen MR) is 91.0 cm³/mol. The molecule has 2 aliphatic rings. The average molecular weight is 367 g/mol. The van der Waals surface area contributed by atoms with E-state index < -0.39 is 18.1 Å². The Hall–Kier alpha value is -1.46. The molecule has 4 rings (SSSR count). The summed E-state index contributed by atoms with van der Waals surface area (Å²) in [6, 6.07) is 0. The molecule has 25 heavy (non-hydrogen) atoms. The molecular formula is C15H21N5O4S. The number of aliphatic hydroxyl groups is 1. The highest BCUT2D eigenvalue weighted by atomic mass is 32.2. The lowest BCUT2D eigenvalue weighted by Gasteiger charge is -2.24. The second-order valence-corrected chi connectivity index (χ2v) is 7.69. The van der Waals surface area contributed by atoms with Gasteiger partial charge in [0, 0.05) is 0 Å². The highest BCUT2D eigenvalue weighted by molar-refractivity contribution is 7.99. The van der Waals surface area contributed by atoms with Crippen molar-refractivity contribution < 1.29 is 19.3 Å². The fourth-order valence-electron chi connectivity index (χ4n) is 3.33. The summed E-state index contributed by atoms with van der Waals surface area (Å²) in [4.78, 5) is 13.2. The molecule has 0 radical (unpaired) electrons. The van der Waals surface area contributed by atoms with Gasteiger partial charge in [-0.05, 0) is 19.6 Å². The molecule has 0 saturated carbocycles. The van der Waals surface area contributed by atoms with Crippen molar-refractivity contribution in [3.8, 4) is 0 Å². The van der Waals surface area contributed by atoms with Gasteiger partial charge in [-0.2, -0.15) is 0 Å². The summed E-state index contributed by atoms with van der Waals surface area (Å²) >= 11 is 1.50. The molecule has 3 N–H and O–H groups in total. The van der Waals surface area contributed by atoms with E-state index in [4.69, 9.17) is 19.9 Å². The van der Waals surface area contributed by atoms with E-state index >= 15 is 0 Å². The minimum absolute atomic E-state index is 0.155. The summed E-state index contributed by atoms with van der Waals surface area (Å²) < 4.78 is 19.7. The number of fused-ring (bicyclic) bond motifs is 2. The topological polar surface area (TPSA) is 118 Å². The first-order chi connectivity index (χ1) is 11.9. The Balaban J connectivity index is 1.76. The molecule has 4 atom stereocenters. The zero-order valence-corrected chi connectivity index (χ0v) is 15.1. The first kappa shape index (κ1) is 17.0. The molecular weight excluding hydrogens is 346 g/mol. The Morgan fingerprint density at radius 1 is 1.32 bits per heavy atom. The van der Waals surface area contributed by atoms with E-state index in [1.807, 2.05) is 20.8 Å². The number of nitrogens with two attached hydrogens (primary N) is 1. The van der Waals surface area contributed by atoms with Gasteiger partial charge in [-0.1, -0.05) is 18.7 Å². The summed E-state index contributed by atoms with van der Waals surface area (Å²) in [6.45, 7) is 5.56. The molecule has 2 fully saturated rings. The van der Waals surface area contributed by atoms with Crippen LogP contribution in [0.2, 0.25) is 0 Å². The summed E-state index contributed by atoms with van der Waals surface area (Å²) in [5.41, 5.74) is 7.13. The van der Waals surface area contributed by atoms with E-state index in [1.54, 1.807) is 10.9 Å². The second kappa shape index (κ2) is 6.06. The van der Waals surface area contributed by atoms with Crippen molar-refractivity contribution in [2.24, 2.45) is 0 Å². The number of rotatable bonds is 4. The van der Waals surface area contributed by atoms with Gasteiger partial charge in [0.25, 0.3) is 0 Å². The van der Waals surface area contributed by atoms with Crippen molar-refractivity contribution in [1.82, 2.24) is 19.5 Å². The molecule has 0 bridgehead atoms. The van der Waals surface area contributed by atoms with Crippen molar-refractivity contribution in [1.29, 1.82) is 0 Å². The molecule has 2 saturated heterocycles. The van der Waals surface area contributed by atoms with Crippen LogP contribution >= 0.6 is 11.8 Å². The van der Waals surface area contributed by atoms with Crippen molar-refractivity contribution in [2.75, 3.05) is 18.1 Å². The van der Waals surface area contributed by atoms with Crippen LogP contribution in [0, 0.1) is 0 Å². The maximum Gasteiger partial charge on any atom is 0.191 e. The van der Waals surface area contributed by atoms with E-state index in [1.165, 1.54) is 11.8 Å². The number of hydrogen-bond donors (Lipinski definition) is 2. The molecule has 2 aromatic heterocycles. The van der Waals surface area contributed by atoms with E-state index in [0.29, 0.717) is 22.1 Å². The van der Waals surface area contributed by atoms with Crippen molar-refractivity contribution in [3.63, 3.8) is 0 Å². The minimum Gasteiger partial charge on any atom is -0.394 e. The highest BCUT2D eigenvalue weighted by Gasteiger charge is 2.56. The minimum atomic E-state index is -0.738. The third-order valence-electron chi connectivity index (χ3n) is 4.28. The van der Waals surface area contributed by atoms with Crippen molar-refractivity contribution >= 4 is 28.7 Å². The third kappa shape index (κ3) is 2.77. The lowest BCUT2D eigenvalue weighted by Crippen LogP contribution is -2.31. The molecule has 0 aliphatic carbocycles. The molecule has 0 aromatic carbocycles.